The Morgan fingerprint density at radius 2 is 1.76 bits per heavy atom. The molecule has 0 radical (unpaired) electrons. The molecule has 0 aliphatic heterocycles. The van der Waals surface area contributed by atoms with Gasteiger partial charge in [-0.2, -0.15) is 0 Å². The van der Waals surface area contributed by atoms with E-state index >= 15 is 0 Å². The van der Waals surface area contributed by atoms with Gasteiger partial charge in [-0.3, -0.25) is 9.59 Å². The molecule has 0 spiro atoms. The fourth-order valence-corrected chi connectivity index (χ4v) is 3.05. The Morgan fingerprint density at radius 3 is 2.24 bits per heavy atom. The van der Waals surface area contributed by atoms with Crippen LogP contribution in [0.2, 0.25) is 0 Å². The van der Waals surface area contributed by atoms with Crippen LogP contribution in [0.4, 0.5) is 0 Å². The molecule has 0 aromatic heterocycles. The molecule has 2 amide bonds. The van der Waals surface area contributed by atoms with E-state index in [1.165, 1.54) is 0 Å². The maximum atomic E-state index is 12.8. The number of carbonyl (C=O) groups excluding carboxylic acids is 2. The third-order valence-corrected chi connectivity index (χ3v) is 4.37. The van der Waals surface area contributed by atoms with Gasteiger partial charge in [-0.25, -0.2) is 0 Å². The van der Waals surface area contributed by atoms with Gasteiger partial charge in [-0.05, 0) is 40.0 Å². The number of rotatable bonds is 7. The van der Waals surface area contributed by atoms with Crippen LogP contribution >= 0.6 is 0 Å². The molecular weight excluding hydrogens is 266 g/mol. The number of carbonyl (C=O) groups is 2. The zero-order valence-electron chi connectivity index (χ0n) is 13.8. The highest BCUT2D eigenvalue weighted by Gasteiger charge is 2.42. The highest BCUT2D eigenvalue weighted by Crippen LogP contribution is 2.30. The molecule has 1 unspecified atom stereocenters. The Bertz CT molecular complexity index is 345. The van der Waals surface area contributed by atoms with Crippen molar-refractivity contribution >= 4 is 11.8 Å². The number of nitrogens with two attached hydrogens (primary N) is 1. The van der Waals surface area contributed by atoms with Crippen LogP contribution in [0.5, 0.6) is 0 Å². The molecule has 0 bridgehead atoms. The van der Waals surface area contributed by atoms with Crippen molar-refractivity contribution in [3.05, 3.63) is 0 Å². The van der Waals surface area contributed by atoms with E-state index in [0.717, 1.165) is 32.1 Å². The van der Waals surface area contributed by atoms with Crippen LogP contribution in [0.25, 0.3) is 0 Å². The summed E-state index contributed by atoms with van der Waals surface area (Å²) in [4.78, 5) is 26.9. The Labute approximate surface area is 128 Å². The summed E-state index contributed by atoms with van der Waals surface area (Å²) >= 11 is 0. The summed E-state index contributed by atoms with van der Waals surface area (Å²) in [7, 11) is 0. The lowest BCUT2D eigenvalue weighted by molar-refractivity contribution is -0.143. The second kappa shape index (κ2) is 8.37. The zero-order chi connectivity index (χ0) is 15.9. The van der Waals surface area contributed by atoms with Gasteiger partial charge in [-0.1, -0.05) is 19.3 Å². The molecule has 0 heterocycles. The molecule has 1 saturated carbocycles. The summed E-state index contributed by atoms with van der Waals surface area (Å²) in [6.07, 6.45) is 5.70. The van der Waals surface area contributed by atoms with E-state index in [-0.39, 0.29) is 17.9 Å². The third-order valence-electron chi connectivity index (χ3n) is 4.37. The fourth-order valence-electron chi connectivity index (χ4n) is 3.05. The number of nitrogens with one attached hydrogen (secondary N) is 1. The van der Waals surface area contributed by atoms with Gasteiger partial charge in [0.1, 0.15) is 5.54 Å². The molecule has 1 rings (SSSR count). The lowest BCUT2D eigenvalue weighted by atomic mass is 9.80. The molecular formula is C16H31N3O2. The number of likely N-dealkylation sites (N-methyl/N-ethyl adjacent to an activating group) is 1. The van der Waals surface area contributed by atoms with Crippen LogP contribution in [0.3, 0.4) is 0 Å². The van der Waals surface area contributed by atoms with Gasteiger partial charge in [0.25, 0.3) is 0 Å². The van der Waals surface area contributed by atoms with E-state index in [9.17, 15) is 9.59 Å². The Morgan fingerprint density at radius 1 is 1.19 bits per heavy atom. The van der Waals surface area contributed by atoms with Gasteiger partial charge in [0.15, 0.2) is 0 Å². The van der Waals surface area contributed by atoms with Gasteiger partial charge >= 0.3 is 0 Å². The predicted molar refractivity (Wildman–Crippen MR) is 84.8 cm³/mol. The van der Waals surface area contributed by atoms with Crippen LogP contribution < -0.4 is 11.1 Å². The highest BCUT2D eigenvalue weighted by molar-refractivity contribution is 5.91. The predicted octanol–water partition coefficient (Wildman–Crippen LogP) is 1.80. The minimum Gasteiger partial charge on any atom is -0.342 e. The first-order chi connectivity index (χ1) is 9.95. The molecule has 5 heteroatoms. The van der Waals surface area contributed by atoms with E-state index in [2.05, 4.69) is 5.32 Å². The van der Waals surface area contributed by atoms with E-state index in [4.69, 9.17) is 5.73 Å². The van der Waals surface area contributed by atoms with Gasteiger partial charge in [0.2, 0.25) is 11.8 Å². The van der Waals surface area contributed by atoms with Crippen molar-refractivity contribution in [3.63, 3.8) is 0 Å². The average Bonchev–Trinajstić information content (AvgIpc) is 2.47. The van der Waals surface area contributed by atoms with Crippen LogP contribution in [-0.2, 0) is 9.59 Å². The number of hydrogen-bond acceptors (Lipinski definition) is 3. The Kier molecular flexibility index (Phi) is 7.15. The summed E-state index contributed by atoms with van der Waals surface area (Å²) in [5.74, 6) is 0.0380. The quantitative estimate of drug-likeness (QED) is 0.752. The molecule has 122 valence electrons. The maximum Gasteiger partial charge on any atom is 0.248 e. The lowest BCUT2D eigenvalue weighted by Crippen LogP contribution is -2.60. The molecule has 0 saturated heterocycles. The second-order valence-electron chi connectivity index (χ2n) is 6.18. The van der Waals surface area contributed by atoms with Gasteiger partial charge in [0.05, 0.1) is 0 Å². The molecule has 5 nitrogen and oxygen atoms in total. The van der Waals surface area contributed by atoms with Crippen LogP contribution in [-0.4, -0.2) is 41.4 Å². The number of amides is 2. The van der Waals surface area contributed by atoms with Crippen LogP contribution in [0.15, 0.2) is 0 Å². The van der Waals surface area contributed by atoms with E-state index in [0.29, 0.717) is 25.9 Å². The topological polar surface area (TPSA) is 75.4 Å². The lowest BCUT2D eigenvalue weighted by Gasteiger charge is -2.40. The minimum absolute atomic E-state index is 0.0107. The van der Waals surface area contributed by atoms with Gasteiger partial charge < -0.3 is 16.0 Å². The standard InChI is InChI=1S/C16H31N3O2/c1-4-19(5-2)15(21)16(11-7-6-8-12-16)18-14(20)10-9-13(3)17/h13H,4-12,17H2,1-3H3,(H,18,20). The first-order valence-corrected chi connectivity index (χ1v) is 8.31. The minimum atomic E-state index is -0.681. The SMILES string of the molecule is CCN(CC)C(=O)C1(NC(=O)CCC(C)N)CCCCC1. The summed E-state index contributed by atoms with van der Waals surface area (Å²) in [6.45, 7) is 7.23. The van der Waals surface area contributed by atoms with Crippen LogP contribution in [0, 0.1) is 0 Å². The Hall–Kier alpha value is -1.10. The Balaban J connectivity index is 2.78. The van der Waals surface area contributed by atoms with E-state index < -0.39 is 5.54 Å². The van der Waals surface area contributed by atoms with Crippen molar-refractivity contribution in [1.82, 2.24) is 10.2 Å². The average molecular weight is 297 g/mol. The second-order valence-corrected chi connectivity index (χ2v) is 6.18. The van der Waals surface area contributed by atoms with Gasteiger partial charge in [-0.15, -0.1) is 0 Å². The van der Waals surface area contributed by atoms with Crippen molar-refractivity contribution in [3.8, 4) is 0 Å². The molecule has 21 heavy (non-hydrogen) atoms. The zero-order valence-corrected chi connectivity index (χ0v) is 13.8. The van der Waals surface area contributed by atoms with Crippen molar-refractivity contribution in [2.45, 2.75) is 77.3 Å². The van der Waals surface area contributed by atoms with Crippen molar-refractivity contribution in [2.75, 3.05) is 13.1 Å². The number of nitrogens with zero attached hydrogens (tertiary/aromatic N) is 1. The third kappa shape index (κ3) is 4.99. The first kappa shape index (κ1) is 18.0. The maximum absolute atomic E-state index is 12.8. The summed E-state index contributed by atoms with van der Waals surface area (Å²) in [6, 6.07) is 0.0107. The van der Waals surface area contributed by atoms with Crippen molar-refractivity contribution in [1.29, 1.82) is 0 Å². The van der Waals surface area contributed by atoms with E-state index in [1.54, 1.807) is 0 Å². The summed E-state index contributed by atoms with van der Waals surface area (Å²) in [5, 5.41) is 3.05. The summed E-state index contributed by atoms with van der Waals surface area (Å²) < 4.78 is 0. The monoisotopic (exact) mass is 297 g/mol. The van der Waals surface area contributed by atoms with Gasteiger partial charge in [0, 0.05) is 25.6 Å². The molecule has 1 aliphatic rings. The van der Waals surface area contributed by atoms with Crippen molar-refractivity contribution in [2.24, 2.45) is 5.73 Å². The largest absolute Gasteiger partial charge is 0.342 e. The van der Waals surface area contributed by atoms with E-state index in [1.807, 2.05) is 25.7 Å². The smallest absolute Gasteiger partial charge is 0.248 e. The van der Waals surface area contributed by atoms with Crippen molar-refractivity contribution < 1.29 is 9.59 Å². The normalized spacial score (nSPS) is 18.9. The van der Waals surface area contributed by atoms with Crippen LogP contribution in [0.1, 0.15) is 65.7 Å². The molecule has 0 aromatic carbocycles. The molecule has 1 fully saturated rings. The highest BCUT2D eigenvalue weighted by atomic mass is 16.2. The molecule has 1 atom stereocenters. The molecule has 1 aliphatic carbocycles. The fraction of sp³-hybridized carbons (Fsp3) is 0.875. The molecule has 3 N–H and O–H groups in total. The molecule has 0 aromatic rings. The summed E-state index contributed by atoms with van der Waals surface area (Å²) in [5.41, 5.74) is 5.02. The first-order valence-electron chi connectivity index (χ1n) is 8.31. The number of hydrogen-bond donors (Lipinski definition) is 2.